The molecule has 1 aromatic carbocycles. The second-order valence-electron chi connectivity index (χ2n) is 17.9. The molecule has 0 amide bonds. The molecule has 9 nitrogen and oxygen atoms in total. The van der Waals surface area contributed by atoms with Gasteiger partial charge < -0.3 is 19.7 Å². The van der Waals surface area contributed by atoms with Gasteiger partial charge in [-0.15, -0.1) is 0 Å². The van der Waals surface area contributed by atoms with E-state index in [1.165, 1.54) is 0 Å². The number of aromatic hydroxyl groups is 1. The first-order valence-electron chi connectivity index (χ1n) is 17.8. The molecule has 7 rings (SSSR count). The van der Waals surface area contributed by atoms with Gasteiger partial charge in [0.2, 0.25) is 28.9 Å². The molecular formula is C40H48O9. The fourth-order valence-electron chi connectivity index (χ4n) is 11.4. The molecule has 0 bridgehead atoms. The minimum atomic E-state index is -2.39. The van der Waals surface area contributed by atoms with Crippen LogP contribution < -0.4 is 9.47 Å². The topological polar surface area (TPSA) is 144 Å². The molecule has 262 valence electrons. The molecule has 2 saturated carbocycles. The number of hydrogen-bond acceptors (Lipinski definition) is 9. The number of allylic oxidation sites excluding steroid dienone is 2. The van der Waals surface area contributed by atoms with Crippen LogP contribution in [0, 0.1) is 34.0 Å². The Labute approximate surface area is 287 Å². The number of aliphatic hydroxyl groups excluding tert-OH is 1. The normalized spacial score (nSPS) is 34.5. The lowest BCUT2D eigenvalue weighted by molar-refractivity contribution is -0.170. The van der Waals surface area contributed by atoms with Gasteiger partial charge in [-0.2, -0.15) is 0 Å². The summed E-state index contributed by atoms with van der Waals surface area (Å²) in [5, 5.41) is 24.1. The van der Waals surface area contributed by atoms with Crippen molar-refractivity contribution in [2.24, 2.45) is 34.0 Å². The van der Waals surface area contributed by atoms with E-state index in [0.717, 1.165) is 12.8 Å². The van der Waals surface area contributed by atoms with E-state index in [1.807, 2.05) is 41.5 Å². The minimum Gasteiger partial charge on any atom is -0.507 e. The molecule has 0 saturated heterocycles. The van der Waals surface area contributed by atoms with E-state index in [4.69, 9.17) is 9.47 Å². The zero-order valence-electron chi connectivity index (χ0n) is 30.3. The van der Waals surface area contributed by atoms with Crippen molar-refractivity contribution in [3.05, 3.63) is 39.2 Å². The third kappa shape index (κ3) is 3.90. The number of Topliss-reactive ketones (excluding diaryl/α,β-unsaturated/α-hetero) is 5. The van der Waals surface area contributed by atoms with E-state index in [9.17, 15) is 29.4 Å². The van der Waals surface area contributed by atoms with Crippen molar-refractivity contribution < 1.29 is 43.7 Å². The van der Waals surface area contributed by atoms with Crippen LogP contribution in [0.5, 0.6) is 17.2 Å². The Kier molecular flexibility index (Phi) is 6.84. The van der Waals surface area contributed by atoms with Crippen molar-refractivity contribution in [3.8, 4) is 17.2 Å². The predicted molar refractivity (Wildman–Crippen MR) is 180 cm³/mol. The third-order valence-corrected chi connectivity index (χ3v) is 13.1. The lowest BCUT2D eigenvalue weighted by Crippen LogP contribution is -2.65. The number of ether oxygens (including phenoxy) is 2. The summed E-state index contributed by atoms with van der Waals surface area (Å²) in [6, 6.07) is 0. The number of benzene rings is 1. The molecule has 1 aromatic rings. The largest absolute Gasteiger partial charge is 0.507 e. The minimum absolute atomic E-state index is 0.0305. The van der Waals surface area contributed by atoms with Gasteiger partial charge in [0.15, 0.2) is 11.5 Å². The van der Waals surface area contributed by atoms with Crippen molar-refractivity contribution in [2.45, 2.75) is 125 Å². The maximum absolute atomic E-state index is 15.5. The van der Waals surface area contributed by atoms with Gasteiger partial charge >= 0.3 is 5.79 Å². The van der Waals surface area contributed by atoms with E-state index in [0.29, 0.717) is 31.2 Å². The molecule has 6 aliphatic rings. The van der Waals surface area contributed by atoms with Gasteiger partial charge in [0.05, 0.1) is 11.1 Å². The molecule has 1 spiro atoms. The predicted octanol–water partition coefficient (Wildman–Crippen LogP) is 7.16. The van der Waals surface area contributed by atoms with Gasteiger partial charge in [-0.3, -0.25) is 24.0 Å². The molecule has 9 heteroatoms. The lowest BCUT2D eigenvalue weighted by atomic mass is 9.47. The summed E-state index contributed by atoms with van der Waals surface area (Å²) in [6.45, 7) is 18.6. The van der Waals surface area contributed by atoms with Crippen LogP contribution in [0.25, 0.3) is 0 Å². The van der Waals surface area contributed by atoms with Crippen molar-refractivity contribution in [1.82, 2.24) is 0 Å². The van der Waals surface area contributed by atoms with E-state index in [2.05, 4.69) is 0 Å². The molecule has 5 aliphatic carbocycles. The Morgan fingerprint density at radius 3 is 1.78 bits per heavy atom. The van der Waals surface area contributed by atoms with Crippen LogP contribution in [0.15, 0.2) is 22.5 Å². The van der Waals surface area contributed by atoms with Gasteiger partial charge in [0, 0.05) is 44.9 Å². The van der Waals surface area contributed by atoms with Crippen LogP contribution in [-0.2, 0) is 24.6 Å². The second-order valence-corrected chi connectivity index (χ2v) is 17.9. The Morgan fingerprint density at radius 2 is 1.20 bits per heavy atom. The van der Waals surface area contributed by atoms with Crippen LogP contribution in [-0.4, -0.2) is 44.9 Å². The molecule has 49 heavy (non-hydrogen) atoms. The molecule has 0 aromatic heterocycles. The smallest absolute Gasteiger partial charge is 0.344 e. The molecule has 5 atom stereocenters. The summed E-state index contributed by atoms with van der Waals surface area (Å²) in [7, 11) is 0. The van der Waals surface area contributed by atoms with E-state index >= 15 is 4.79 Å². The first-order valence-corrected chi connectivity index (χ1v) is 17.8. The third-order valence-electron chi connectivity index (χ3n) is 13.1. The molecular weight excluding hydrogens is 624 g/mol. The van der Waals surface area contributed by atoms with Gasteiger partial charge in [0.25, 0.3) is 0 Å². The summed E-state index contributed by atoms with van der Waals surface area (Å²) in [4.78, 5) is 71.7. The highest BCUT2D eigenvalue weighted by Crippen LogP contribution is 2.68. The van der Waals surface area contributed by atoms with Gasteiger partial charge in [-0.25, -0.2) is 0 Å². The standard InChI is InChI=1S/C40H48O9/c1-17(2)19-26(42)24-23(29(45)27(19)43)39(10)16-12-14-37(7,8)34(39)35(47)40(24)48-31-20(18(3)4)25(41)21-22(32(31)49-40)38(9)15-11-13-36(5,6)33(38)30(46)28(21)44/h17-18,33-34,41-42H,11-16H2,1-10H3/t33-,34-,38+,39+,40+/m0/s1. The van der Waals surface area contributed by atoms with Crippen LogP contribution in [0.2, 0.25) is 0 Å². The van der Waals surface area contributed by atoms with Crippen LogP contribution >= 0.6 is 0 Å². The monoisotopic (exact) mass is 672 g/mol. The Hall–Kier alpha value is -3.75. The average molecular weight is 673 g/mol. The Morgan fingerprint density at radius 1 is 0.653 bits per heavy atom. The highest BCUT2D eigenvalue weighted by Gasteiger charge is 2.72. The fourth-order valence-corrected chi connectivity index (χ4v) is 11.4. The highest BCUT2D eigenvalue weighted by molar-refractivity contribution is 6.51. The van der Waals surface area contributed by atoms with Gasteiger partial charge in [-0.1, -0.05) is 82.1 Å². The number of aliphatic hydroxyl groups is 1. The van der Waals surface area contributed by atoms with E-state index < -0.39 is 85.8 Å². The summed E-state index contributed by atoms with van der Waals surface area (Å²) >= 11 is 0. The van der Waals surface area contributed by atoms with Crippen molar-refractivity contribution in [1.29, 1.82) is 0 Å². The maximum Gasteiger partial charge on any atom is 0.344 e. The first-order chi connectivity index (χ1) is 22.6. The number of phenolic OH excluding ortho intramolecular Hbond substituents is 1. The summed E-state index contributed by atoms with van der Waals surface area (Å²) in [5.41, 5.74) is -3.14. The number of rotatable bonds is 2. The first kappa shape index (κ1) is 33.7. The quantitative estimate of drug-likeness (QED) is 0.247. The number of fused-ring (bicyclic) bond motifs is 8. The number of hydrogen-bond donors (Lipinski definition) is 2. The van der Waals surface area contributed by atoms with Crippen LogP contribution in [0.1, 0.15) is 135 Å². The lowest BCUT2D eigenvalue weighted by Gasteiger charge is -2.56. The Bertz CT molecular complexity index is 1890. The van der Waals surface area contributed by atoms with Crippen LogP contribution in [0.3, 0.4) is 0 Å². The number of ketones is 5. The molecule has 1 heterocycles. The molecule has 0 unspecified atom stereocenters. The number of carbonyl (C=O) groups is 5. The average Bonchev–Trinajstić information content (AvgIpc) is 3.35. The fraction of sp³-hybridized carbons (Fsp3) is 0.625. The van der Waals surface area contributed by atoms with E-state index in [-0.39, 0.29) is 45.1 Å². The molecule has 0 radical (unpaired) electrons. The number of phenols is 1. The summed E-state index contributed by atoms with van der Waals surface area (Å²) in [6.07, 6.45) is 3.79. The SMILES string of the molecule is CC(C)C1=C(O)C2=C(C(=O)C1=O)[C@@]1(C)CCCC(C)(C)[C@@H]1C(=O)[C@@]21Oc2c(c3c(c(O)c2C(C)C)C(=O)C(=O)[C@H]2C(C)(C)CCC[C@]32C)O1. The zero-order valence-corrected chi connectivity index (χ0v) is 30.3. The van der Waals surface area contributed by atoms with E-state index in [1.54, 1.807) is 27.7 Å². The highest BCUT2D eigenvalue weighted by atomic mass is 16.7. The molecule has 2 N–H and O–H groups in total. The summed E-state index contributed by atoms with van der Waals surface area (Å²) < 4.78 is 13.8. The van der Waals surface area contributed by atoms with Crippen molar-refractivity contribution >= 4 is 28.9 Å². The van der Waals surface area contributed by atoms with Gasteiger partial charge in [-0.05, 0) is 48.3 Å². The zero-order chi connectivity index (χ0) is 36.1. The number of carbonyl (C=O) groups excluding carboxylic acids is 5. The van der Waals surface area contributed by atoms with Gasteiger partial charge in [0.1, 0.15) is 11.5 Å². The molecule has 2 fully saturated rings. The Balaban J connectivity index is 1.61. The van der Waals surface area contributed by atoms with Crippen molar-refractivity contribution in [2.75, 3.05) is 0 Å². The summed E-state index contributed by atoms with van der Waals surface area (Å²) in [5.74, 6) is -9.18. The second kappa shape index (κ2) is 9.94. The molecule has 1 aliphatic heterocycles. The van der Waals surface area contributed by atoms with Crippen molar-refractivity contribution in [3.63, 3.8) is 0 Å². The maximum atomic E-state index is 15.5. The van der Waals surface area contributed by atoms with Crippen LogP contribution in [0.4, 0.5) is 0 Å².